The molecule has 6 fully saturated rings. The highest BCUT2D eigenvalue weighted by molar-refractivity contribution is 5.11. The molecule has 0 aromatic rings. The van der Waals surface area contributed by atoms with Gasteiger partial charge in [0.25, 0.3) is 0 Å². The van der Waals surface area contributed by atoms with Crippen LogP contribution in [0.4, 0.5) is 0 Å². The maximum Gasteiger partial charge on any atom is 0.0714 e. The van der Waals surface area contributed by atoms with Gasteiger partial charge in [-0.25, -0.2) is 0 Å². The molecule has 1 aliphatic heterocycles. The Balaban J connectivity index is 0.000000148. The van der Waals surface area contributed by atoms with Gasteiger partial charge in [-0.1, -0.05) is 81.1 Å². The Kier molecular flexibility index (Phi) is 7.09. The highest BCUT2D eigenvalue weighted by Gasteiger charge is 2.62. The average Bonchev–Trinajstić information content (AvgIpc) is 3.45. The number of hydrogen-bond acceptors (Lipinski definition) is 1. The topological polar surface area (TPSA) is 9.23 Å². The summed E-state index contributed by atoms with van der Waals surface area (Å²) in [4.78, 5) is 0. The van der Waals surface area contributed by atoms with E-state index in [1.807, 2.05) is 0 Å². The summed E-state index contributed by atoms with van der Waals surface area (Å²) in [6.45, 7) is 21.3. The Bertz CT molecular complexity index is 730. The molecule has 208 valence electrons. The molecule has 1 heteroatoms. The van der Waals surface area contributed by atoms with Gasteiger partial charge in [-0.05, 0) is 128 Å². The van der Waals surface area contributed by atoms with Crippen molar-refractivity contribution in [3.05, 3.63) is 0 Å². The lowest BCUT2D eigenvalue weighted by atomic mass is 9.43. The molecule has 0 spiro atoms. The van der Waals surface area contributed by atoms with Crippen LogP contribution in [0, 0.1) is 50.7 Å². The quantitative estimate of drug-likeness (QED) is 0.368. The highest BCUT2D eigenvalue weighted by atomic mass is 16.5. The predicted molar refractivity (Wildman–Crippen MR) is 154 cm³/mol. The lowest BCUT2D eigenvalue weighted by Crippen LogP contribution is -2.56. The van der Waals surface area contributed by atoms with Crippen molar-refractivity contribution in [1.29, 1.82) is 0 Å². The largest absolute Gasteiger partial charge is 0.375 e. The van der Waals surface area contributed by atoms with E-state index in [2.05, 4.69) is 55.4 Å². The zero-order valence-corrected chi connectivity index (χ0v) is 25.7. The van der Waals surface area contributed by atoms with Gasteiger partial charge in [-0.2, -0.15) is 0 Å². The molecule has 8 atom stereocenters. The third kappa shape index (κ3) is 4.01. The van der Waals surface area contributed by atoms with Crippen LogP contribution in [0.1, 0.15) is 158 Å². The van der Waals surface area contributed by atoms with Gasteiger partial charge in [0.05, 0.1) is 5.60 Å². The molecule has 5 saturated carbocycles. The number of hydrogen-bond donors (Lipinski definition) is 0. The molecular weight excluding hydrogens is 436 g/mol. The van der Waals surface area contributed by atoms with Crippen molar-refractivity contribution >= 4 is 0 Å². The van der Waals surface area contributed by atoms with E-state index in [-0.39, 0.29) is 5.60 Å². The van der Waals surface area contributed by atoms with E-state index in [1.165, 1.54) is 103 Å². The summed E-state index contributed by atoms with van der Waals surface area (Å²) >= 11 is 0. The fraction of sp³-hybridized carbons (Fsp3) is 1.00. The van der Waals surface area contributed by atoms with Crippen molar-refractivity contribution in [2.45, 2.75) is 164 Å². The van der Waals surface area contributed by atoms with Gasteiger partial charge in [0, 0.05) is 6.61 Å². The Morgan fingerprint density at radius 3 is 1.69 bits per heavy atom. The van der Waals surface area contributed by atoms with Gasteiger partial charge < -0.3 is 4.74 Å². The first-order chi connectivity index (χ1) is 16.9. The molecule has 0 unspecified atom stereocenters. The smallest absolute Gasteiger partial charge is 0.0714 e. The minimum atomic E-state index is 0.249. The van der Waals surface area contributed by atoms with Crippen LogP contribution in [-0.2, 0) is 4.74 Å². The van der Waals surface area contributed by atoms with Gasteiger partial charge in [0.1, 0.15) is 0 Å². The van der Waals surface area contributed by atoms with Crippen LogP contribution >= 0.6 is 0 Å². The van der Waals surface area contributed by atoms with E-state index >= 15 is 0 Å². The second-order valence-corrected chi connectivity index (χ2v) is 16.6. The molecule has 6 aliphatic rings. The number of rotatable bonds is 2. The van der Waals surface area contributed by atoms with Crippen molar-refractivity contribution in [1.82, 2.24) is 0 Å². The molecule has 0 aromatic carbocycles. The van der Waals surface area contributed by atoms with Gasteiger partial charge in [0.2, 0.25) is 0 Å². The van der Waals surface area contributed by atoms with Crippen LogP contribution in [0.5, 0.6) is 0 Å². The highest BCUT2D eigenvalue weighted by Crippen LogP contribution is 2.69. The first-order valence-electron chi connectivity index (χ1n) is 16.5. The van der Waals surface area contributed by atoms with Gasteiger partial charge in [-0.3, -0.25) is 0 Å². The Labute approximate surface area is 225 Å². The standard InChI is InChI=1S/C18H32.C17H30O/c1-5-18-12-6-8-15(18)17(4)11-7-10-16(2,3)14(17)9-13-18;1-5-17-11-7-13-15(2,3)9-6-10-16(13,4)14(17)8-12-18-17/h14-15H,5-13H2,1-4H3;13-14H,5-12H2,1-4H3/t14-,15-,17-,18+;13-,14-,16+,17+/m00/s1. The van der Waals surface area contributed by atoms with Crippen LogP contribution < -0.4 is 0 Å². The molecule has 6 rings (SSSR count). The number of fused-ring (bicyclic) bond motifs is 6. The van der Waals surface area contributed by atoms with Crippen LogP contribution in [-0.4, -0.2) is 12.2 Å². The average molecular weight is 499 g/mol. The molecule has 1 saturated heterocycles. The lowest BCUT2D eigenvalue weighted by Gasteiger charge is -2.61. The summed E-state index contributed by atoms with van der Waals surface area (Å²) in [5.74, 6) is 3.80. The predicted octanol–water partition coefficient (Wildman–Crippen LogP) is 10.6. The fourth-order valence-electron chi connectivity index (χ4n) is 12.9. The van der Waals surface area contributed by atoms with Crippen LogP contribution in [0.2, 0.25) is 0 Å². The molecule has 1 nitrogen and oxygen atoms in total. The van der Waals surface area contributed by atoms with Crippen LogP contribution in [0.3, 0.4) is 0 Å². The van der Waals surface area contributed by atoms with Gasteiger partial charge in [0.15, 0.2) is 0 Å². The van der Waals surface area contributed by atoms with E-state index in [4.69, 9.17) is 4.74 Å². The van der Waals surface area contributed by atoms with Crippen LogP contribution in [0.15, 0.2) is 0 Å². The molecule has 5 aliphatic carbocycles. The molecule has 0 N–H and O–H groups in total. The first kappa shape index (κ1) is 27.5. The molecular formula is C35H62O. The first-order valence-corrected chi connectivity index (χ1v) is 16.5. The summed E-state index contributed by atoms with van der Waals surface area (Å²) in [6, 6.07) is 0. The minimum absolute atomic E-state index is 0.249. The van der Waals surface area contributed by atoms with E-state index < -0.39 is 0 Å². The molecule has 0 aromatic heterocycles. The van der Waals surface area contributed by atoms with Crippen molar-refractivity contribution in [2.24, 2.45) is 50.7 Å². The summed E-state index contributed by atoms with van der Waals surface area (Å²) in [7, 11) is 0. The minimum Gasteiger partial charge on any atom is -0.375 e. The third-order valence-corrected chi connectivity index (χ3v) is 14.6. The van der Waals surface area contributed by atoms with E-state index in [1.54, 1.807) is 0 Å². The zero-order chi connectivity index (χ0) is 26.0. The van der Waals surface area contributed by atoms with Crippen LogP contribution in [0.25, 0.3) is 0 Å². The zero-order valence-electron chi connectivity index (χ0n) is 25.7. The Morgan fingerprint density at radius 2 is 1.11 bits per heavy atom. The normalized spacial score (nSPS) is 50.7. The number of ether oxygens (including phenoxy) is 1. The fourth-order valence-corrected chi connectivity index (χ4v) is 12.9. The van der Waals surface area contributed by atoms with E-state index in [0.29, 0.717) is 21.7 Å². The Hall–Kier alpha value is -0.0400. The maximum atomic E-state index is 6.28. The van der Waals surface area contributed by atoms with Gasteiger partial charge >= 0.3 is 0 Å². The summed E-state index contributed by atoms with van der Waals surface area (Å²) < 4.78 is 6.28. The maximum absolute atomic E-state index is 6.28. The molecule has 0 amide bonds. The second kappa shape index (κ2) is 9.27. The third-order valence-electron chi connectivity index (χ3n) is 14.6. The van der Waals surface area contributed by atoms with Crippen molar-refractivity contribution < 1.29 is 4.74 Å². The van der Waals surface area contributed by atoms with Crippen molar-refractivity contribution in [3.8, 4) is 0 Å². The molecule has 36 heavy (non-hydrogen) atoms. The SMILES string of the molecule is CC[C@@]12CC[C@H]3C(C)(C)CCC[C@@]3(C)[C@@H]1CCO2.CC[C@]12CCC[C@H]1[C@@]1(C)CCCC(C)(C)[C@@H]1CC2. The van der Waals surface area contributed by atoms with Crippen molar-refractivity contribution in [3.63, 3.8) is 0 Å². The second-order valence-electron chi connectivity index (χ2n) is 16.6. The van der Waals surface area contributed by atoms with E-state index in [9.17, 15) is 0 Å². The molecule has 1 heterocycles. The molecule has 0 radical (unpaired) electrons. The summed E-state index contributed by atoms with van der Waals surface area (Å²) in [6.07, 6.45) is 23.1. The summed E-state index contributed by atoms with van der Waals surface area (Å²) in [5, 5.41) is 0. The Morgan fingerprint density at radius 1 is 0.528 bits per heavy atom. The van der Waals surface area contributed by atoms with Crippen molar-refractivity contribution in [2.75, 3.05) is 6.61 Å². The molecule has 0 bridgehead atoms. The van der Waals surface area contributed by atoms with E-state index in [0.717, 1.165) is 35.7 Å². The monoisotopic (exact) mass is 498 g/mol. The summed E-state index contributed by atoms with van der Waals surface area (Å²) in [5.41, 5.74) is 3.38. The van der Waals surface area contributed by atoms with Gasteiger partial charge in [-0.15, -0.1) is 0 Å². The lowest BCUT2D eigenvalue weighted by molar-refractivity contribution is -0.156.